The van der Waals surface area contributed by atoms with Gasteiger partial charge in [0.1, 0.15) is 0 Å². The summed E-state index contributed by atoms with van der Waals surface area (Å²) in [7, 11) is 1.31. The normalized spacial score (nSPS) is 10.6. The van der Waals surface area contributed by atoms with Crippen molar-refractivity contribution in [3.05, 3.63) is 65.7 Å². The number of hydrogen-bond donors (Lipinski definition) is 2. The predicted molar refractivity (Wildman–Crippen MR) is 90.7 cm³/mol. The average molecular weight is 362 g/mol. The third-order valence-electron chi connectivity index (χ3n) is 3.19. The van der Waals surface area contributed by atoms with Crippen molar-refractivity contribution >= 4 is 17.9 Å². The van der Waals surface area contributed by atoms with Gasteiger partial charge in [0.25, 0.3) is 11.8 Å². The summed E-state index contributed by atoms with van der Waals surface area (Å²) in [5.74, 6) is -1.23. The summed E-state index contributed by atoms with van der Waals surface area (Å²) in [6, 6.07) is 12.8. The number of carbonyl (C=O) groups is 2. The molecule has 0 unspecified atom stereocenters. The molecule has 6 nitrogen and oxygen atoms in total. The SMILES string of the molecule is COc1cccc(/C=C/C(=O)NNC(=O)c2ccccc2)c1OC(F)F. The summed E-state index contributed by atoms with van der Waals surface area (Å²) in [5, 5.41) is 0. The molecule has 2 rings (SSSR count). The first-order chi connectivity index (χ1) is 12.5. The average Bonchev–Trinajstić information content (AvgIpc) is 2.65. The van der Waals surface area contributed by atoms with E-state index in [4.69, 9.17) is 4.74 Å². The number of para-hydroxylation sites is 1. The van der Waals surface area contributed by atoms with E-state index >= 15 is 0 Å². The number of nitrogens with one attached hydrogen (secondary N) is 2. The Balaban J connectivity index is 2.02. The highest BCUT2D eigenvalue weighted by Gasteiger charge is 2.14. The Kier molecular flexibility index (Phi) is 6.67. The summed E-state index contributed by atoms with van der Waals surface area (Å²) in [6.07, 6.45) is 2.34. The molecule has 0 radical (unpaired) electrons. The van der Waals surface area contributed by atoms with Crippen LogP contribution in [-0.2, 0) is 4.79 Å². The summed E-state index contributed by atoms with van der Waals surface area (Å²) >= 11 is 0. The maximum atomic E-state index is 12.6. The van der Waals surface area contributed by atoms with Crippen molar-refractivity contribution in [3.8, 4) is 11.5 Å². The van der Waals surface area contributed by atoms with Crippen LogP contribution in [0.1, 0.15) is 15.9 Å². The number of ether oxygens (including phenoxy) is 2. The van der Waals surface area contributed by atoms with Gasteiger partial charge in [-0.15, -0.1) is 0 Å². The Morgan fingerprint density at radius 2 is 1.77 bits per heavy atom. The maximum Gasteiger partial charge on any atom is 0.387 e. The molecule has 136 valence electrons. The molecule has 0 aliphatic heterocycles. The largest absolute Gasteiger partial charge is 0.493 e. The van der Waals surface area contributed by atoms with E-state index in [1.165, 1.54) is 25.3 Å². The van der Waals surface area contributed by atoms with Gasteiger partial charge in [0.05, 0.1) is 7.11 Å². The molecule has 8 heteroatoms. The standard InChI is InChI=1S/C18H16F2N2O4/c1-25-14-9-5-8-12(16(14)26-18(19)20)10-11-15(23)21-22-17(24)13-6-3-2-4-7-13/h2-11,18H,1H3,(H,21,23)(H,22,24)/b11-10+. The van der Waals surface area contributed by atoms with Crippen LogP contribution in [0.25, 0.3) is 6.08 Å². The predicted octanol–water partition coefficient (Wildman–Crippen LogP) is 2.77. The number of hydrogen-bond acceptors (Lipinski definition) is 4. The van der Waals surface area contributed by atoms with Crippen LogP contribution in [0.3, 0.4) is 0 Å². The zero-order chi connectivity index (χ0) is 18.9. The quantitative estimate of drug-likeness (QED) is 0.612. The van der Waals surface area contributed by atoms with E-state index in [0.717, 1.165) is 6.08 Å². The van der Waals surface area contributed by atoms with E-state index in [-0.39, 0.29) is 17.1 Å². The number of amides is 2. The van der Waals surface area contributed by atoms with E-state index in [1.807, 2.05) is 0 Å². The molecule has 0 aromatic heterocycles. The number of alkyl halides is 2. The molecule has 0 aliphatic rings. The summed E-state index contributed by atoms with van der Waals surface area (Å²) in [4.78, 5) is 23.6. The number of hydrazine groups is 1. The number of methoxy groups -OCH3 is 1. The molecule has 2 aromatic rings. The molecule has 0 bridgehead atoms. The van der Waals surface area contributed by atoms with Gasteiger partial charge in [0.15, 0.2) is 11.5 Å². The Labute approximate surface area is 148 Å². The molecular formula is C18H16F2N2O4. The second-order valence-electron chi connectivity index (χ2n) is 4.90. The van der Waals surface area contributed by atoms with Crippen molar-refractivity contribution in [2.24, 2.45) is 0 Å². The lowest BCUT2D eigenvalue weighted by Crippen LogP contribution is -2.40. The molecular weight excluding hydrogens is 346 g/mol. The third kappa shape index (κ3) is 5.30. The lowest BCUT2D eigenvalue weighted by atomic mass is 10.1. The summed E-state index contributed by atoms with van der Waals surface area (Å²) in [5.41, 5.74) is 5.02. The van der Waals surface area contributed by atoms with Gasteiger partial charge in [-0.1, -0.05) is 30.3 Å². The van der Waals surface area contributed by atoms with E-state index in [2.05, 4.69) is 15.6 Å². The van der Waals surface area contributed by atoms with Gasteiger partial charge in [0.2, 0.25) is 0 Å². The third-order valence-corrected chi connectivity index (χ3v) is 3.19. The molecule has 2 amide bonds. The molecule has 0 saturated carbocycles. The minimum absolute atomic E-state index is 0.102. The summed E-state index contributed by atoms with van der Waals surface area (Å²) in [6.45, 7) is -3.04. The van der Waals surface area contributed by atoms with Crippen molar-refractivity contribution < 1.29 is 27.8 Å². The van der Waals surface area contributed by atoms with Crippen molar-refractivity contribution in [2.75, 3.05) is 7.11 Å². The molecule has 2 N–H and O–H groups in total. The van der Waals surface area contributed by atoms with Gasteiger partial charge in [-0.2, -0.15) is 8.78 Å². The van der Waals surface area contributed by atoms with Gasteiger partial charge in [-0.25, -0.2) is 0 Å². The lowest BCUT2D eigenvalue weighted by Gasteiger charge is -2.12. The fraction of sp³-hybridized carbons (Fsp3) is 0.111. The molecule has 0 spiro atoms. The van der Waals surface area contributed by atoms with Gasteiger partial charge in [-0.05, 0) is 24.3 Å². The minimum Gasteiger partial charge on any atom is -0.493 e. The fourth-order valence-electron chi connectivity index (χ4n) is 2.03. The monoisotopic (exact) mass is 362 g/mol. The first-order valence-corrected chi connectivity index (χ1v) is 7.46. The van der Waals surface area contributed by atoms with Gasteiger partial charge in [-0.3, -0.25) is 20.4 Å². The molecule has 0 aliphatic carbocycles. The van der Waals surface area contributed by atoms with Crippen LogP contribution < -0.4 is 20.3 Å². The molecule has 0 atom stereocenters. The number of halogens is 2. The first-order valence-electron chi connectivity index (χ1n) is 7.46. The van der Waals surface area contributed by atoms with Gasteiger partial charge >= 0.3 is 6.61 Å². The highest BCUT2D eigenvalue weighted by molar-refractivity contribution is 5.98. The Bertz CT molecular complexity index is 795. The van der Waals surface area contributed by atoms with Crippen LogP contribution >= 0.6 is 0 Å². The molecule has 0 fully saturated rings. The van der Waals surface area contributed by atoms with Crippen molar-refractivity contribution in [1.29, 1.82) is 0 Å². The van der Waals surface area contributed by atoms with Crippen LogP contribution in [0.2, 0.25) is 0 Å². The Hall–Kier alpha value is -3.42. The Morgan fingerprint density at radius 1 is 1.04 bits per heavy atom. The van der Waals surface area contributed by atoms with E-state index in [0.29, 0.717) is 5.56 Å². The second kappa shape index (κ2) is 9.16. The van der Waals surface area contributed by atoms with Crippen molar-refractivity contribution in [2.45, 2.75) is 6.61 Å². The topological polar surface area (TPSA) is 76.7 Å². The number of carbonyl (C=O) groups excluding carboxylic acids is 2. The van der Waals surface area contributed by atoms with Crippen LogP contribution in [0.5, 0.6) is 11.5 Å². The van der Waals surface area contributed by atoms with E-state index in [1.54, 1.807) is 36.4 Å². The van der Waals surface area contributed by atoms with Gasteiger partial charge < -0.3 is 9.47 Å². The van der Waals surface area contributed by atoms with E-state index in [9.17, 15) is 18.4 Å². The molecule has 26 heavy (non-hydrogen) atoms. The minimum atomic E-state index is -3.04. The van der Waals surface area contributed by atoms with Crippen LogP contribution in [0.4, 0.5) is 8.78 Å². The summed E-state index contributed by atoms with van der Waals surface area (Å²) < 4.78 is 34.5. The zero-order valence-electron chi connectivity index (χ0n) is 13.7. The molecule has 0 saturated heterocycles. The van der Waals surface area contributed by atoms with Crippen molar-refractivity contribution in [1.82, 2.24) is 10.9 Å². The second-order valence-corrected chi connectivity index (χ2v) is 4.90. The highest BCUT2D eigenvalue weighted by Crippen LogP contribution is 2.33. The van der Waals surface area contributed by atoms with E-state index < -0.39 is 18.4 Å². The maximum absolute atomic E-state index is 12.6. The van der Waals surface area contributed by atoms with Crippen molar-refractivity contribution in [3.63, 3.8) is 0 Å². The first kappa shape index (κ1) is 18.9. The molecule has 2 aromatic carbocycles. The van der Waals surface area contributed by atoms with Crippen LogP contribution in [-0.4, -0.2) is 25.5 Å². The van der Waals surface area contributed by atoms with Crippen LogP contribution in [0, 0.1) is 0 Å². The highest BCUT2D eigenvalue weighted by atomic mass is 19.3. The smallest absolute Gasteiger partial charge is 0.387 e. The number of benzene rings is 2. The fourth-order valence-corrected chi connectivity index (χ4v) is 2.03. The Morgan fingerprint density at radius 3 is 2.42 bits per heavy atom. The number of rotatable bonds is 6. The van der Waals surface area contributed by atoms with Crippen LogP contribution in [0.15, 0.2) is 54.6 Å². The zero-order valence-corrected chi connectivity index (χ0v) is 13.7. The lowest BCUT2D eigenvalue weighted by molar-refractivity contribution is -0.117. The van der Waals surface area contributed by atoms with Gasteiger partial charge in [0, 0.05) is 17.2 Å². The molecule has 0 heterocycles.